The second-order valence-electron chi connectivity index (χ2n) is 5.35. The largest absolute Gasteiger partial charge is 0.508 e. The van der Waals surface area contributed by atoms with E-state index in [4.69, 9.17) is 9.84 Å². The first kappa shape index (κ1) is 14.7. The molecular formula is C15H21NO4. The maximum atomic E-state index is 10.8. The average Bonchev–Trinajstić information content (AvgIpc) is 2.86. The maximum Gasteiger partial charge on any atom is 0.303 e. The van der Waals surface area contributed by atoms with Gasteiger partial charge in [0.15, 0.2) is 0 Å². The fourth-order valence-corrected chi connectivity index (χ4v) is 2.82. The van der Waals surface area contributed by atoms with Crippen LogP contribution in [0.4, 0.5) is 0 Å². The Morgan fingerprint density at radius 3 is 2.95 bits per heavy atom. The van der Waals surface area contributed by atoms with Crippen molar-refractivity contribution in [3.8, 4) is 11.5 Å². The van der Waals surface area contributed by atoms with Gasteiger partial charge < -0.3 is 14.9 Å². The molecule has 0 aliphatic carbocycles. The summed E-state index contributed by atoms with van der Waals surface area (Å²) in [4.78, 5) is 13.0. The fourth-order valence-electron chi connectivity index (χ4n) is 2.82. The Bertz CT molecular complexity index is 489. The normalized spacial score (nSPS) is 20.8. The van der Waals surface area contributed by atoms with Crippen molar-refractivity contribution >= 4 is 5.97 Å². The standard InChI is InChI=1S/C15H21NO4/c1-10(13-8-12(20-2)3-4-14(13)17)16-6-5-11(9-16)7-15(18)19/h3-4,8,10-11,17H,5-7,9H2,1-2H3,(H,18,19). The summed E-state index contributed by atoms with van der Waals surface area (Å²) >= 11 is 0. The molecule has 1 aliphatic heterocycles. The molecule has 1 aromatic rings. The Balaban J connectivity index is 2.08. The lowest BCUT2D eigenvalue weighted by atomic mass is 10.0. The number of aromatic hydroxyl groups is 1. The minimum Gasteiger partial charge on any atom is -0.508 e. The number of likely N-dealkylation sites (tertiary alicyclic amines) is 1. The van der Waals surface area contributed by atoms with Crippen LogP contribution < -0.4 is 4.74 Å². The van der Waals surface area contributed by atoms with Crippen LogP contribution in [0.2, 0.25) is 0 Å². The monoisotopic (exact) mass is 279 g/mol. The molecule has 5 nitrogen and oxygen atoms in total. The highest BCUT2D eigenvalue weighted by atomic mass is 16.5. The Morgan fingerprint density at radius 1 is 1.55 bits per heavy atom. The highest BCUT2D eigenvalue weighted by molar-refractivity contribution is 5.67. The third-order valence-corrected chi connectivity index (χ3v) is 4.01. The van der Waals surface area contributed by atoms with Crippen LogP contribution >= 0.6 is 0 Å². The highest BCUT2D eigenvalue weighted by Gasteiger charge is 2.29. The molecule has 1 saturated heterocycles. The van der Waals surface area contributed by atoms with Crippen LogP contribution in [0, 0.1) is 5.92 Å². The van der Waals surface area contributed by atoms with Gasteiger partial charge in [-0.05, 0) is 44.0 Å². The molecule has 1 aromatic carbocycles. The van der Waals surface area contributed by atoms with Gasteiger partial charge in [0.2, 0.25) is 0 Å². The minimum atomic E-state index is -0.742. The predicted octanol–water partition coefficient (Wildman–Crippen LogP) is 2.26. The average molecular weight is 279 g/mol. The SMILES string of the molecule is COc1ccc(O)c(C(C)N2CCC(CC(=O)O)C2)c1. The summed E-state index contributed by atoms with van der Waals surface area (Å²) in [6.07, 6.45) is 1.11. The summed E-state index contributed by atoms with van der Waals surface area (Å²) in [6.45, 7) is 3.64. The van der Waals surface area contributed by atoms with Crippen LogP contribution in [0.3, 0.4) is 0 Å². The van der Waals surface area contributed by atoms with Crippen LogP contribution in [-0.4, -0.2) is 41.3 Å². The number of carboxylic acids is 1. The number of nitrogens with zero attached hydrogens (tertiary/aromatic N) is 1. The minimum absolute atomic E-state index is 0.0453. The molecule has 2 rings (SSSR count). The van der Waals surface area contributed by atoms with Crippen LogP contribution in [0.15, 0.2) is 18.2 Å². The van der Waals surface area contributed by atoms with Crippen LogP contribution in [0.1, 0.15) is 31.4 Å². The molecule has 0 amide bonds. The summed E-state index contributed by atoms with van der Waals surface area (Å²) in [5, 5.41) is 18.8. The van der Waals surface area contributed by atoms with Gasteiger partial charge in [0.25, 0.3) is 0 Å². The van der Waals surface area contributed by atoms with E-state index in [1.54, 1.807) is 19.2 Å². The van der Waals surface area contributed by atoms with Crippen molar-refractivity contribution in [1.29, 1.82) is 0 Å². The first-order chi connectivity index (χ1) is 9.51. The van der Waals surface area contributed by atoms with Crippen molar-refractivity contribution in [3.63, 3.8) is 0 Å². The topological polar surface area (TPSA) is 70.0 Å². The van der Waals surface area contributed by atoms with Crippen molar-refractivity contribution in [2.75, 3.05) is 20.2 Å². The number of hydrogen-bond donors (Lipinski definition) is 2. The molecule has 1 aliphatic rings. The number of methoxy groups -OCH3 is 1. The summed E-state index contributed by atoms with van der Waals surface area (Å²) in [7, 11) is 1.60. The van der Waals surface area contributed by atoms with Crippen LogP contribution in [0.5, 0.6) is 11.5 Å². The van der Waals surface area contributed by atoms with Crippen molar-refractivity contribution < 1.29 is 19.7 Å². The van der Waals surface area contributed by atoms with E-state index in [0.717, 1.165) is 25.1 Å². The number of rotatable bonds is 5. The lowest BCUT2D eigenvalue weighted by Gasteiger charge is -2.25. The zero-order valence-corrected chi connectivity index (χ0v) is 11.9. The summed E-state index contributed by atoms with van der Waals surface area (Å²) < 4.78 is 5.19. The van der Waals surface area contributed by atoms with Crippen molar-refractivity contribution in [1.82, 2.24) is 4.90 Å². The van der Waals surface area contributed by atoms with E-state index in [9.17, 15) is 9.90 Å². The number of carbonyl (C=O) groups is 1. The molecule has 0 aromatic heterocycles. The summed E-state index contributed by atoms with van der Waals surface area (Å²) in [5.41, 5.74) is 0.820. The van der Waals surface area contributed by atoms with E-state index >= 15 is 0 Å². The van der Waals surface area contributed by atoms with Gasteiger partial charge in [-0.25, -0.2) is 0 Å². The van der Waals surface area contributed by atoms with E-state index in [1.165, 1.54) is 0 Å². The molecule has 0 spiro atoms. The van der Waals surface area contributed by atoms with Crippen molar-refractivity contribution in [3.05, 3.63) is 23.8 Å². The number of ether oxygens (including phenoxy) is 1. The lowest BCUT2D eigenvalue weighted by molar-refractivity contribution is -0.138. The van der Waals surface area contributed by atoms with E-state index in [2.05, 4.69) is 4.90 Å². The Hall–Kier alpha value is -1.75. The van der Waals surface area contributed by atoms with Gasteiger partial charge in [0.1, 0.15) is 11.5 Å². The zero-order valence-electron chi connectivity index (χ0n) is 11.9. The molecule has 1 fully saturated rings. The second kappa shape index (κ2) is 6.13. The molecular weight excluding hydrogens is 258 g/mol. The number of phenolic OH excluding ortho intramolecular Hbond substituents is 1. The number of aliphatic carboxylic acids is 1. The highest BCUT2D eigenvalue weighted by Crippen LogP contribution is 2.35. The molecule has 0 radical (unpaired) electrons. The lowest BCUT2D eigenvalue weighted by Crippen LogP contribution is -2.25. The van der Waals surface area contributed by atoms with Gasteiger partial charge in [0, 0.05) is 24.6 Å². The number of carboxylic acid groups (broad SMARTS) is 1. The van der Waals surface area contributed by atoms with Gasteiger partial charge in [-0.3, -0.25) is 9.69 Å². The fraction of sp³-hybridized carbons (Fsp3) is 0.533. The van der Waals surface area contributed by atoms with E-state index < -0.39 is 5.97 Å². The molecule has 110 valence electrons. The third kappa shape index (κ3) is 3.22. The summed E-state index contributed by atoms with van der Waals surface area (Å²) in [5.74, 6) is 0.419. The second-order valence-corrected chi connectivity index (χ2v) is 5.35. The van der Waals surface area contributed by atoms with Crippen LogP contribution in [0.25, 0.3) is 0 Å². The van der Waals surface area contributed by atoms with Gasteiger partial charge in [0.05, 0.1) is 7.11 Å². The Kier molecular flexibility index (Phi) is 4.49. The molecule has 0 saturated carbocycles. The zero-order chi connectivity index (χ0) is 14.7. The van der Waals surface area contributed by atoms with Gasteiger partial charge in [-0.15, -0.1) is 0 Å². The third-order valence-electron chi connectivity index (χ3n) is 4.01. The van der Waals surface area contributed by atoms with Crippen molar-refractivity contribution in [2.24, 2.45) is 5.92 Å². The van der Waals surface area contributed by atoms with E-state index in [0.29, 0.717) is 5.75 Å². The quantitative estimate of drug-likeness (QED) is 0.865. The first-order valence-electron chi connectivity index (χ1n) is 6.84. The number of benzene rings is 1. The van der Waals surface area contributed by atoms with E-state index in [-0.39, 0.29) is 24.1 Å². The molecule has 20 heavy (non-hydrogen) atoms. The summed E-state index contributed by atoms with van der Waals surface area (Å²) in [6, 6.07) is 5.24. The van der Waals surface area contributed by atoms with Gasteiger partial charge >= 0.3 is 5.97 Å². The van der Waals surface area contributed by atoms with Gasteiger partial charge in [-0.2, -0.15) is 0 Å². The van der Waals surface area contributed by atoms with Gasteiger partial charge in [-0.1, -0.05) is 0 Å². The van der Waals surface area contributed by atoms with Crippen molar-refractivity contribution in [2.45, 2.75) is 25.8 Å². The molecule has 2 N–H and O–H groups in total. The number of phenols is 1. The van der Waals surface area contributed by atoms with Crippen LogP contribution in [-0.2, 0) is 4.79 Å². The molecule has 1 heterocycles. The van der Waals surface area contributed by atoms with E-state index in [1.807, 2.05) is 13.0 Å². The molecule has 5 heteroatoms. The molecule has 2 unspecified atom stereocenters. The molecule has 2 atom stereocenters. The Labute approximate surface area is 118 Å². The molecule has 0 bridgehead atoms. The maximum absolute atomic E-state index is 10.8. The predicted molar refractivity (Wildman–Crippen MR) is 75.0 cm³/mol. The smallest absolute Gasteiger partial charge is 0.303 e. The number of hydrogen-bond acceptors (Lipinski definition) is 4. The Morgan fingerprint density at radius 2 is 2.30 bits per heavy atom. The first-order valence-corrected chi connectivity index (χ1v) is 6.84.